The van der Waals surface area contributed by atoms with E-state index in [1.54, 1.807) is 6.20 Å². The molecule has 0 aliphatic heterocycles. The van der Waals surface area contributed by atoms with Gasteiger partial charge in [0.2, 0.25) is 0 Å². The number of carbonyl (C=O) groups is 1. The van der Waals surface area contributed by atoms with Crippen LogP contribution in [-0.4, -0.2) is 26.4 Å². The van der Waals surface area contributed by atoms with Gasteiger partial charge in [0.1, 0.15) is 16.4 Å². The van der Waals surface area contributed by atoms with E-state index in [1.807, 2.05) is 17.8 Å². The van der Waals surface area contributed by atoms with Gasteiger partial charge in [-0.05, 0) is 11.5 Å². The van der Waals surface area contributed by atoms with Gasteiger partial charge in [-0.15, -0.1) is 0 Å². The first-order chi connectivity index (χ1) is 8.59. The van der Waals surface area contributed by atoms with Gasteiger partial charge >= 0.3 is 0 Å². The molecule has 18 heavy (non-hydrogen) atoms. The summed E-state index contributed by atoms with van der Waals surface area (Å²) in [4.78, 5) is 15.4. The molecule has 2 heterocycles. The third-order valence-electron chi connectivity index (χ3n) is 2.52. The summed E-state index contributed by atoms with van der Waals surface area (Å²) >= 11 is 1.13. The Morgan fingerprint density at radius 3 is 3.00 bits per heavy atom. The first kappa shape index (κ1) is 12.4. The largest absolute Gasteiger partial charge is 0.382 e. The quantitative estimate of drug-likeness (QED) is 0.716. The number of hydrogen-bond donors (Lipinski definition) is 3. The molecule has 0 fully saturated rings. The van der Waals surface area contributed by atoms with Crippen molar-refractivity contribution in [1.82, 2.24) is 13.9 Å². The van der Waals surface area contributed by atoms with Crippen LogP contribution in [0.15, 0.2) is 12.4 Å². The van der Waals surface area contributed by atoms with E-state index in [0.717, 1.165) is 23.8 Å². The van der Waals surface area contributed by atoms with Crippen molar-refractivity contribution in [3.63, 3.8) is 0 Å². The molecule has 0 spiro atoms. The molecule has 5 N–H and O–H groups in total. The van der Waals surface area contributed by atoms with Gasteiger partial charge < -0.3 is 21.4 Å². The number of primary amides is 1. The first-order valence-electron chi connectivity index (χ1n) is 5.34. The van der Waals surface area contributed by atoms with Crippen LogP contribution < -0.4 is 16.8 Å². The maximum Gasteiger partial charge on any atom is 0.255 e. The zero-order valence-corrected chi connectivity index (χ0v) is 10.7. The zero-order chi connectivity index (χ0) is 13.1. The van der Waals surface area contributed by atoms with Gasteiger partial charge in [0.05, 0.1) is 0 Å². The van der Waals surface area contributed by atoms with Crippen LogP contribution in [0.4, 0.5) is 10.8 Å². The molecule has 0 aromatic carbocycles. The Hall–Kier alpha value is -2.09. The van der Waals surface area contributed by atoms with Crippen LogP contribution in [0.5, 0.6) is 0 Å². The highest BCUT2D eigenvalue weighted by molar-refractivity contribution is 7.11. The molecule has 0 unspecified atom stereocenters. The van der Waals surface area contributed by atoms with Crippen molar-refractivity contribution in [2.24, 2.45) is 12.8 Å². The molecule has 2 rings (SSSR count). The fraction of sp³-hybridized carbons (Fsp3) is 0.300. The van der Waals surface area contributed by atoms with Crippen LogP contribution in [0.3, 0.4) is 0 Å². The number of carbonyl (C=O) groups excluding carboxylic acids is 1. The number of imidazole rings is 1. The van der Waals surface area contributed by atoms with Gasteiger partial charge in [0.15, 0.2) is 5.82 Å². The van der Waals surface area contributed by atoms with Crippen LogP contribution in [0.1, 0.15) is 16.2 Å². The number of nitrogens with two attached hydrogens (primary N) is 2. The molecular weight excluding hydrogens is 252 g/mol. The lowest BCUT2D eigenvalue weighted by molar-refractivity contribution is 0.100. The molecule has 0 aliphatic rings. The minimum atomic E-state index is -0.569. The Morgan fingerprint density at radius 1 is 1.61 bits per heavy atom. The molecule has 0 saturated carbocycles. The van der Waals surface area contributed by atoms with Crippen LogP contribution in [0.25, 0.3) is 0 Å². The van der Waals surface area contributed by atoms with E-state index in [2.05, 4.69) is 14.7 Å². The third kappa shape index (κ3) is 2.43. The Balaban J connectivity index is 1.99. The SMILES string of the molecule is Cn1ccnc1CCNc1snc(N)c1C(N)=O. The topological polar surface area (TPSA) is 112 Å². The Bertz CT molecular complexity index is 560. The molecule has 8 heteroatoms. The smallest absolute Gasteiger partial charge is 0.255 e. The van der Waals surface area contributed by atoms with Crippen molar-refractivity contribution in [3.05, 3.63) is 23.8 Å². The van der Waals surface area contributed by atoms with Crippen LogP contribution in [0, 0.1) is 0 Å². The Labute approximate surface area is 108 Å². The summed E-state index contributed by atoms with van der Waals surface area (Å²) in [6, 6.07) is 0. The van der Waals surface area contributed by atoms with Gasteiger partial charge in [-0.1, -0.05) is 0 Å². The molecule has 0 radical (unpaired) electrons. The highest BCUT2D eigenvalue weighted by Gasteiger charge is 2.16. The summed E-state index contributed by atoms with van der Waals surface area (Å²) in [5, 5.41) is 3.71. The molecule has 7 nitrogen and oxygen atoms in total. The fourth-order valence-corrected chi connectivity index (χ4v) is 2.33. The molecule has 96 valence electrons. The number of nitrogens with zero attached hydrogens (tertiary/aromatic N) is 3. The van der Waals surface area contributed by atoms with Crippen molar-refractivity contribution in [1.29, 1.82) is 0 Å². The lowest BCUT2D eigenvalue weighted by Gasteiger charge is -2.05. The molecule has 2 aromatic rings. The average Bonchev–Trinajstić information content (AvgIpc) is 2.86. The third-order valence-corrected chi connectivity index (χ3v) is 3.34. The predicted molar refractivity (Wildman–Crippen MR) is 70.4 cm³/mol. The second-order valence-electron chi connectivity index (χ2n) is 3.77. The second kappa shape index (κ2) is 5.05. The van der Waals surface area contributed by atoms with Crippen molar-refractivity contribution < 1.29 is 4.79 Å². The van der Waals surface area contributed by atoms with Crippen molar-refractivity contribution in [2.45, 2.75) is 6.42 Å². The van der Waals surface area contributed by atoms with E-state index in [-0.39, 0.29) is 11.4 Å². The number of rotatable bonds is 5. The highest BCUT2D eigenvalue weighted by atomic mass is 32.1. The van der Waals surface area contributed by atoms with Gasteiger partial charge in [-0.2, -0.15) is 4.37 Å². The van der Waals surface area contributed by atoms with Crippen LogP contribution in [0.2, 0.25) is 0 Å². The summed E-state index contributed by atoms with van der Waals surface area (Å²) in [5.74, 6) is 0.563. The highest BCUT2D eigenvalue weighted by Crippen LogP contribution is 2.25. The number of amides is 1. The molecule has 1 amide bonds. The second-order valence-corrected chi connectivity index (χ2v) is 4.54. The van der Waals surface area contributed by atoms with Gasteiger partial charge in [0.25, 0.3) is 5.91 Å². The van der Waals surface area contributed by atoms with Crippen molar-refractivity contribution in [2.75, 3.05) is 17.6 Å². The maximum absolute atomic E-state index is 11.2. The normalized spacial score (nSPS) is 10.5. The van der Waals surface area contributed by atoms with Crippen molar-refractivity contribution >= 4 is 28.3 Å². The number of aromatic nitrogens is 3. The van der Waals surface area contributed by atoms with Crippen LogP contribution >= 0.6 is 11.5 Å². The van der Waals surface area contributed by atoms with Gasteiger partial charge in [-0.3, -0.25) is 4.79 Å². The number of nitrogens with one attached hydrogen (secondary N) is 1. The molecule has 0 atom stereocenters. The molecule has 0 saturated heterocycles. The fourth-order valence-electron chi connectivity index (χ4n) is 1.59. The van der Waals surface area contributed by atoms with Gasteiger partial charge in [-0.25, -0.2) is 4.98 Å². The monoisotopic (exact) mass is 266 g/mol. The van der Waals surface area contributed by atoms with E-state index >= 15 is 0 Å². The first-order valence-corrected chi connectivity index (χ1v) is 6.12. The number of anilines is 2. The molecule has 0 aliphatic carbocycles. The van der Waals surface area contributed by atoms with E-state index in [9.17, 15) is 4.79 Å². The zero-order valence-electron chi connectivity index (χ0n) is 9.88. The molecule has 2 aromatic heterocycles. The standard InChI is InChI=1S/C10H14N6OS/c1-16-5-4-13-6(16)2-3-14-10-7(9(12)17)8(11)15-18-10/h4-5,14H,2-3H2,1H3,(H2,11,15)(H2,12,17). The van der Waals surface area contributed by atoms with E-state index < -0.39 is 5.91 Å². The lowest BCUT2D eigenvalue weighted by atomic mass is 10.3. The molecular formula is C10H14N6OS. The number of nitrogen functional groups attached to an aromatic ring is 1. The van der Waals surface area contributed by atoms with E-state index in [1.165, 1.54) is 0 Å². The lowest BCUT2D eigenvalue weighted by Crippen LogP contribution is -2.16. The Morgan fingerprint density at radius 2 is 2.39 bits per heavy atom. The van der Waals surface area contributed by atoms with E-state index in [0.29, 0.717) is 11.5 Å². The average molecular weight is 266 g/mol. The van der Waals surface area contributed by atoms with Crippen LogP contribution in [-0.2, 0) is 13.5 Å². The summed E-state index contributed by atoms with van der Waals surface area (Å²) in [7, 11) is 1.93. The summed E-state index contributed by atoms with van der Waals surface area (Å²) < 4.78 is 5.85. The minimum absolute atomic E-state index is 0.173. The number of hydrogen-bond acceptors (Lipinski definition) is 6. The molecule has 0 bridgehead atoms. The predicted octanol–water partition coefficient (Wildman–Crippen LogP) is 0.212. The minimum Gasteiger partial charge on any atom is -0.382 e. The summed E-state index contributed by atoms with van der Waals surface area (Å²) in [6.07, 6.45) is 4.36. The van der Waals surface area contributed by atoms with Crippen molar-refractivity contribution in [3.8, 4) is 0 Å². The Kier molecular flexibility index (Phi) is 3.47. The number of aryl methyl sites for hydroxylation is 1. The maximum atomic E-state index is 11.2. The summed E-state index contributed by atoms with van der Waals surface area (Å²) in [5.41, 5.74) is 11.1. The van der Waals surface area contributed by atoms with E-state index in [4.69, 9.17) is 11.5 Å². The summed E-state index contributed by atoms with van der Waals surface area (Å²) in [6.45, 7) is 0.632. The van der Waals surface area contributed by atoms with Gasteiger partial charge in [0, 0.05) is 32.4 Å².